The van der Waals surface area contributed by atoms with Gasteiger partial charge in [-0.15, -0.1) is 0 Å². The molecule has 0 saturated carbocycles. The summed E-state index contributed by atoms with van der Waals surface area (Å²) in [5.41, 5.74) is 1.80. The summed E-state index contributed by atoms with van der Waals surface area (Å²) in [6.07, 6.45) is 3.25. The van der Waals surface area contributed by atoms with Crippen LogP contribution in [0.15, 0.2) is 29.3 Å². The number of hydrogen-bond donors (Lipinski definition) is 2. The number of H-pyrrole nitrogens is 1. The van der Waals surface area contributed by atoms with E-state index < -0.39 is 4.92 Å². The Kier molecular flexibility index (Phi) is 2.56. The largest absolute Gasteiger partial charge is 0.377 e. The number of nitrogens with zero attached hydrogens (tertiary/aromatic N) is 4. The smallest absolute Gasteiger partial charge is 0.300 e. The first kappa shape index (κ1) is 11.1. The standard InChI is InChI=1S/C10H8N6O3/c17-16(18)8-2-1-7(9-10(8)15-19-14-9)12-4-6-3-11-5-13-6/h1-3,5,12H,4H2,(H,11,13). The number of nitrogens with one attached hydrogen (secondary N) is 2. The molecule has 1 aromatic carbocycles. The first-order chi connectivity index (χ1) is 9.25. The molecule has 9 heteroatoms. The Hall–Kier alpha value is -2.97. The molecule has 2 N–H and O–H groups in total. The van der Waals surface area contributed by atoms with E-state index in [4.69, 9.17) is 0 Å². The van der Waals surface area contributed by atoms with E-state index in [0.29, 0.717) is 17.7 Å². The Morgan fingerprint density at radius 1 is 1.37 bits per heavy atom. The lowest BCUT2D eigenvalue weighted by molar-refractivity contribution is -0.383. The highest BCUT2D eigenvalue weighted by molar-refractivity contribution is 5.93. The van der Waals surface area contributed by atoms with E-state index in [1.165, 1.54) is 6.07 Å². The van der Waals surface area contributed by atoms with Gasteiger partial charge in [-0.3, -0.25) is 10.1 Å². The minimum atomic E-state index is -0.523. The summed E-state index contributed by atoms with van der Waals surface area (Å²) >= 11 is 0. The molecule has 2 heterocycles. The van der Waals surface area contributed by atoms with Gasteiger partial charge in [-0.2, -0.15) is 0 Å². The molecule has 96 valence electrons. The van der Waals surface area contributed by atoms with Crippen molar-refractivity contribution in [1.29, 1.82) is 0 Å². The summed E-state index contributed by atoms with van der Waals surface area (Å²) in [6, 6.07) is 2.93. The van der Waals surface area contributed by atoms with Crippen molar-refractivity contribution in [3.8, 4) is 0 Å². The lowest BCUT2D eigenvalue weighted by Gasteiger charge is -2.04. The summed E-state index contributed by atoms with van der Waals surface area (Å²) in [5, 5.41) is 21.2. The third-order valence-electron chi connectivity index (χ3n) is 2.61. The van der Waals surface area contributed by atoms with Crippen LogP contribution >= 0.6 is 0 Å². The topological polar surface area (TPSA) is 123 Å². The van der Waals surface area contributed by atoms with Gasteiger partial charge < -0.3 is 10.3 Å². The first-order valence-electron chi connectivity index (χ1n) is 5.36. The van der Waals surface area contributed by atoms with Crippen molar-refractivity contribution in [2.45, 2.75) is 6.54 Å². The Bertz CT molecular complexity index is 720. The van der Waals surface area contributed by atoms with Gasteiger partial charge in [-0.05, 0) is 16.4 Å². The van der Waals surface area contributed by atoms with Crippen LogP contribution in [-0.2, 0) is 6.54 Å². The van der Waals surface area contributed by atoms with E-state index in [1.807, 2.05) is 0 Å². The van der Waals surface area contributed by atoms with Crippen molar-refractivity contribution in [2.75, 3.05) is 5.32 Å². The molecule has 0 amide bonds. The van der Waals surface area contributed by atoms with Crippen LogP contribution in [0.2, 0.25) is 0 Å². The number of anilines is 1. The molecular formula is C10H8N6O3. The molecule has 3 rings (SSSR count). The quantitative estimate of drug-likeness (QED) is 0.537. The predicted molar refractivity (Wildman–Crippen MR) is 64.4 cm³/mol. The van der Waals surface area contributed by atoms with Crippen LogP contribution in [0.25, 0.3) is 11.0 Å². The Morgan fingerprint density at radius 2 is 2.21 bits per heavy atom. The second-order valence-corrected chi connectivity index (χ2v) is 3.78. The average molecular weight is 260 g/mol. The number of aromatic amines is 1. The van der Waals surface area contributed by atoms with E-state index in [0.717, 1.165) is 5.69 Å². The van der Waals surface area contributed by atoms with Gasteiger partial charge in [-0.25, -0.2) is 9.61 Å². The SMILES string of the molecule is O=[N+]([O-])c1ccc(NCc2cnc[nH]2)c2nonc12. The molecule has 0 atom stereocenters. The minimum absolute atomic E-state index is 0.125. The molecule has 3 aromatic rings. The van der Waals surface area contributed by atoms with E-state index in [2.05, 4.69) is 30.2 Å². The van der Waals surface area contributed by atoms with Gasteiger partial charge >= 0.3 is 5.69 Å². The highest BCUT2D eigenvalue weighted by Crippen LogP contribution is 2.28. The fourth-order valence-corrected chi connectivity index (χ4v) is 1.72. The number of fused-ring (bicyclic) bond motifs is 1. The van der Waals surface area contributed by atoms with Crippen LogP contribution in [-0.4, -0.2) is 25.2 Å². The molecule has 19 heavy (non-hydrogen) atoms. The second-order valence-electron chi connectivity index (χ2n) is 3.78. The summed E-state index contributed by atoms with van der Waals surface area (Å²) in [7, 11) is 0. The number of non-ortho nitro benzene ring substituents is 1. The maximum absolute atomic E-state index is 10.8. The fraction of sp³-hybridized carbons (Fsp3) is 0.100. The zero-order valence-electron chi connectivity index (χ0n) is 9.53. The molecule has 0 aliphatic rings. The van der Waals surface area contributed by atoms with Crippen molar-refractivity contribution in [2.24, 2.45) is 0 Å². The Morgan fingerprint density at radius 3 is 2.95 bits per heavy atom. The number of nitro benzene ring substituents is 1. The predicted octanol–water partition coefficient (Wildman–Crippen LogP) is 1.47. The molecule has 0 aliphatic carbocycles. The summed E-state index contributed by atoms with van der Waals surface area (Å²) in [4.78, 5) is 17.1. The summed E-state index contributed by atoms with van der Waals surface area (Å²) in [6.45, 7) is 0.486. The third-order valence-corrected chi connectivity index (χ3v) is 2.61. The molecule has 0 unspecified atom stereocenters. The number of benzene rings is 1. The van der Waals surface area contributed by atoms with Crippen molar-refractivity contribution in [3.63, 3.8) is 0 Å². The molecule has 0 fully saturated rings. The number of imidazole rings is 1. The van der Waals surface area contributed by atoms with Gasteiger partial charge in [0.25, 0.3) is 0 Å². The Balaban J connectivity index is 1.94. The van der Waals surface area contributed by atoms with Crippen LogP contribution in [0.5, 0.6) is 0 Å². The lowest BCUT2D eigenvalue weighted by atomic mass is 10.2. The first-order valence-corrected chi connectivity index (χ1v) is 5.36. The maximum Gasteiger partial charge on any atom is 0.300 e. The molecule has 9 nitrogen and oxygen atoms in total. The van der Waals surface area contributed by atoms with Crippen molar-refractivity contribution in [3.05, 3.63) is 40.5 Å². The fourth-order valence-electron chi connectivity index (χ4n) is 1.72. The van der Waals surface area contributed by atoms with Gasteiger partial charge in [-0.1, -0.05) is 0 Å². The van der Waals surface area contributed by atoms with E-state index in [1.54, 1.807) is 18.6 Å². The number of rotatable bonds is 4. The van der Waals surface area contributed by atoms with Gasteiger partial charge in [0.2, 0.25) is 5.52 Å². The summed E-state index contributed by atoms with van der Waals surface area (Å²) in [5.74, 6) is 0. The lowest BCUT2D eigenvalue weighted by Crippen LogP contribution is -2.01. The van der Waals surface area contributed by atoms with Crippen molar-refractivity contribution >= 4 is 22.4 Å². The van der Waals surface area contributed by atoms with Crippen molar-refractivity contribution < 1.29 is 9.55 Å². The molecule has 2 aromatic heterocycles. The summed E-state index contributed by atoms with van der Waals surface area (Å²) < 4.78 is 4.57. The number of nitro groups is 1. The number of hydrogen-bond acceptors (Lipinski definition) is 7. The van der Waals surface area contributed by atoms with E-state index in [9.17, 15) is 10.1 Å². The zero-order valence-corrected chi connectivity index (χ0v) is 9.53. The highest BCUT2D eigenvalue weighted by atomic mass is 16.6. The maximum atomic E-state index is 10.8. The monoisotopic (exact) mass is 260 g/mol. The number of aromatic nitrogens is 4. The molecule has 0 bridgehead atoms. The minimum Gasteiger partial charge on any atom is -0.377 e. The Labute approximate surface area is 105 Å². The molecule has 0 saturated heterocycles. The van der Waals surface area contributed by atoms with Crippen molar-refractivity contribution in [1.82, 2.24) is 20.3 Å². The normalized spacial score (nSPS) is 10.7. The van der Waals surface area contributed by atoms with Gasteiger partial charge in [0.1, 0.15) is 0 Å². The third kappa shape index (κ3) is 1.97. The van der Waals surface area contributed by atoms with Crippen LogP contribution in [0, 0.1) is 10.1 Å². The van der Waals surface area contributed by atoms with Gasteiger partial charge in [0.15, 0.2) is 5.52 Å². The van der Waals surface area contributed by atoms with Crippen LogP contribution in [0.3, 0.4) is 0 Å². The van der Waals surface area contributed by atoms with E-state index >= 15 is 0 Å². The van der Waals surface area contributed by atoms with Gasteiger partial charge in [0, 0.05) is 12.3 Å². The molecular weight excluding hydrogens is 252 g/mol. The van der Waals surface area contributed by atoms with Crippen LogP contribution < -0.4 is 5.32 Å². The molecule has 0 aliphatic heterocycles. The van der Waals surface area contributed by atoms with Crippen LogP contribution in [0.1, 0.15) is 5.69 Å². The molecule has 0 spiro atoms. The molecule has 0 radical (unpaired) electrons. The average Bonchev–Trinajstić information content (AvgIpc) is 3.06. The highest BCUT2D eigenvalue weighted by Gasteiger charge is 2.19. The zero-order chi connectivity index (χ0) is 13.2. The van der Waals surface area contributed by atoms with E-state index in [-0.39, 0.29) is 11.2 Å². The van der Waals surface area contributed by atoms with Crippen LogP contribution in [0.4, 0.5) is 11.4 Å². The van der Waals surface area contributed by atoms with Gasteiger partial charge in [0.05, 0.1) is 29.2 Å². The second kappa shape index (κ2) is 4.37.